The lowest BCUT2D eigenvalue weighted by molar-refractivity contribution is -0.117. The first-order chi connectivity index (χ1) is 11.5. The number of carbonyl (C=O) groups is 2. The van der Waals surface area contributed by atoms with Crippen molar-refractivity contribution in [2.24, 2.45) is 0 Å². The predicted octanol–water partition coefficient (Wildman–Crippen LogP) is 3.57. The molecule has 0 spiro atoms. The van der Waals surface area contributed by atoms with Crippen molar-refractivity contribution in [3.63, 3.8) is 0 Å². The van der Waals surface area contributed by atoms with Gasteiger partial charge in [0.05, 0.1) is 12.8 Å². The molecule has 1 heterocycles. The van der Waals surface area contributed by atoms with Crippen LogP contribution in [0.1, 0.15) is 5.56 Å². The molecular formula is C17H12BrClN2O3. The molecule has 2 aromatic carbocycles. The third kappa shape index (κ3) is 3.16. The number of nitrogens with zero attached hydrogens (tertiary/aromatic N) is 1. The molecule has 3 rings (SSSR count). The van der Waals surface area contributed by atoms with Gasteiger partial charge < -0.3 is 4.74 Å². The summed E-state index contributed by atoms with van der Waals surface area (Å²) < 4.78 is 6.12. The fraction of sp³-hybridized carbons (Fsp3) is 0.0588. The van der Waals surface area contributed by atoms with E-state index in [2.05, 4.69) is 21.4 Å². The minimum atomic E-state index is -0.482. The fourth-order valence-corrected chi connectivity index (χ4v) is 2.75. The number of benzene rings is 2. The maximum Gasteiger partial charge on any atom is 0.282 e. The second-order valence-corrected chi connectivity index (χ2v) is 6.35. The lowest BCUT2D eigenvalue weighted by Gasteiger charge is -2.14. The minimum absolute atomic E-state index is 0.0125. The van der Waals surface area contributed by atoms with Crippen LogP contribution < -0.4 is 15.2 Å². The third-order valence-electron chi connectivity index (χ3n) is 3.47. The van der Waals surface area contributed by atoms with E-state index in [0.717, 1.165) is 4.47 Å². The number of hydrogen-bond donors (Lipinski definition) is 1. The molecule has 0 radical (unpaired) electrons. The van der Waals surface area contributed by atoms with Crippen molar-refractivity contribution in [3.05, 3.63) is 63.1 Å². The van der Waals surface area contributed by atoms with Crippen molar-refractivity contribution in [3.8, 4) is 5.75 Å². The SMILES string of the molecule is COc1ccc(Cl)cc1C=C1C(=O)NN(c2ccc(Br)cc2)C1=O. The van der Waals surface area contributed by atoms with E-state index in [0.29, 0.717) is 22.0 Å². The van der Waals surface area contributed by atoms with Crippen LogP contribution in [0.25, 0.3) is 6.08 Å². The molecule has 1 saturated heterocycles. The van der Waals surface area contributed by atoms with Gasteiger partial charge in [0.2, 0.25) is 0 Å². The third-order valence-corrected chi connectivity index (χ3v) is 4.23. The topological polar surface area (TPSA) is 58.6 Å². The molecule has 0 unspecified atom stereocenters. The van der Waals surface area contributed by atoms with E-state index >= 15 is 0 Å². The Morgan fingerprint density at radius 3 is 2.54 bits per heavy atom. The van der Waals surface area contributed by atoms with E-state index in [1.165, 1.54) is 18.2 Å². The van der Waals surface area contributed by atoms with Crippen molar-refractivity contribution in [1.82, 2.24) is 5.43 Å². The maximum absolute atomic E-state index is 12.6. The van der Waals surface area contributed by atoms with Crippen LogP contribution in [0.4, 0.5) is 5.69 Å². The zero-order chi connectivity index (χ0) is 17.3. The summed E-state index contributed by atoms with van der Waals surface area (Å²) in [6.45, 7) is 0. The molecule has 0 bridgehead atoms. The first kappa shape index (κ1) is 16.5. The van der Waals surface area contributed by atoms with Gasteiger partial charge in [0, 0.05) is 15.1 Å². The van der Waals surface area contributed by atoms with Gasteiger partial charge in [-0.1, -0.05) is 27.5 Å². The van der Waals surface area contributed by atoms with Crippen LogP contribution in [0.5, 0.6) is 5.75 Å². The Morgan fingerprint density at radius 2 is 1.88 bits per heavy atom. The van der Waals surface area contributed by atoms with Crippen molar-refractivity contribution in [1.29, 1.82) is 0 Å². The van der Waals surface area contributed by atoms with Crippen LogP contribution in [-0.2, 0) is 9.59 Å². The zero-order valence-electron chi connectivity index (χ0n) is 12.5. The van der Waals surface area contributed by atoms with Gasteiger partial charge in [-0.2, -0.15) is 0 Å². The number of ether oxygens (including phenoxy) is 1. The Labute approximate surface area is 152 Å². The van der Waals surface area contributed by atoms with Crippen LogP contribution in [-0.4, -0.2) is 18.9 Å². The standard InChI is InChI=1S/C17H12BrClN2O3/c1-24-15-7-4-12(19)8-10(15)9-14-16(22)20-21(17(14)23)13-5-2-11(18)3-6-13/h2-9H,1H3,(H,20,22). The van der Waals surface area contributed by atoms with Gasteiger partial charge >= 0.3 is 0 Å². The Morgan fingerprint density at radius 1 is 1.17 bits per heavy atom. The second-order valence-electron chi connectivity index (χ2n) is 5.00. The van der Waals surface area contributed by atoms with Gasteiger partial charge in [-0.25, -0.2) is 5.01 Å². The van der Waals surface area contributed by atoms with Crippen molar-refractivity contribution < 1.29 is 14.3 Å². The summed E-state index contributed by atoms with van der Waals surface area (Å²) in [4.78, 5) is 24.8. The number of carbonyl (C=O) groups excluding carboxylic acids is 2. The maximum atomic E-state index is 12.6. The summed E-state index contributed by atoms with van der Waals surface area (Å²) in [5, 5.41) is 1.69. The quantitative estimate of drug-likeness (QED) is 0.625. The van der Waals surface area contributed by atoms with Crippen LogP contribution in [0.2, 0.25) is 5.02 Å². The molecule has 0 saturated carbocycles. The Kier molecular flexibility index (Phi) is 4.59. The predicted molar refractivity (Wildman–Crippen MR) is 95.8 cm³/mol. The Bertz CT molecular complexity index is 849. The number of nitrogens with one attached hydrogen (secondary N) is 1. The van der Waals surface area contributed by atoms with Crippen LogP contribution >= 0.6 is 27.5 Å². The van der Waals surface area contributed by atoms with E-state index in [1.807, 2.05) is 0 Å². The molecule has 0 aromatic heterocycles. The highest BCUT2D eigenvalue weighted by molar-refractivity contribution is 9.10. The van der Waals surface area contributed by atoms with Crippen LogP contribution in [0.15, 0.2) is 52.5 Å². The molecule has 122 valence electrons. The minimum Gasteiger partial charge on any atom is -0.496 e. The monoisotopic (exact) mass is 406 g/mol. The number of methoxy groups -OCH3 is 1. The second kappa shape index (κ2) is 6.67. The highest BCUT2D eigenvalue weighted by Gasteiger charge is 2.34. The van der Waals surface area contributed by atoms with Gasteiger partial charge in [0.25, 0.3) is 11.8 Å². The van der Waals surface area contributed by atoms with Crippen LogP contribution in [0.3, 0.4) is 0 Å². The molecule has 0 atom stereocenters. The molecule has 1 aliphatic heterocycles. The van der Waals surface area contributed by atoms with Crippen molar-refractivity contribution in [2.75, 3.05) is 12.1 Å². The average Bonchev–Trinajstić information content (AvgIpc) is 2.84. The van der Waals surface area contributed by atoms with Gasteiger partial charge in [-0.3, -0.25) is 15.0 Å². The highest BCUT2D eigenvalue weighted by Crippen LogP contribution is 2.28. The number of hydrogen-bond acceptors (Lipinski definition) is 3. The lowest BCUT2D eigenvalue weighted by atomic mass is 10.1. The normalized spacial score (nSPS) is 15.8. The summed E-state index contributed by atoms with van der Waals surface area (Å²) in [6, 6.07) is 12.0. The highest BCUT2D eigenvalue weighted by atomic mass is 79.9. The Balaban J connectivity index is 1.97. The van der Waals surface area contributed by atoms with Crippen molar-refractivity contribution in [2.45, 2.75) is 0 Å². The van der Waals surface area contributed by atoms with Crippen LogP contribution in [0, 0.1) is 0 Å². The molecule has 2 aromatic rings. The average molecular weight is 408 g/mol. The van der Waals surface area contributed by atoms with E-state index in [4.69, 9.17) is 16.3 Å². The van der Waals surface area contributed by atoms with E-state index < -0.39 is 11.8 Å². The first-order valence-corrected chi connectivity index (χ1v) is 8.13. The summed E-state index contributed by atoms with van der Waals surface area (Å²) in [6.07, 6.45) is 1.47. The van der Waals surface area contributed by atoms with Gasteiger partial charge in [0.15, 0.2) is 0 Å². The lowest BCUT2D eigenvalue weighted by Crippen LogP contribution is -2.35. The summed E-state index contributed by atoms with van der Waals surface area (Å²) >= 11 is 9.32. The summed E-state index contributed by atoms with van der Waals surface area (Å²) in [5.41, 5.74) is 3.69. The number of rotatable bonds is 3. The number of hydrazine groups is 1. The molecule has 0 aliphatic carbocycles. The molecule has 2 amide bonds. The molecule has 24 heavy (non-hydrogen) atoms. The van der Waals surface area contributed by atoms with Gasteiger partial charge in [0.1, 0.15) is 11.3 Å². The van der Waals surface area contributed by atoms with Crippen molar-refractivity contribution >= 4 is 51.1 Å². The van der Waals surface area contributed by atoms with E-state index in [9.17, 15) is 9.59 Å². The Hall–Kier alpha value is -2.31. The number of anilines is 1. The molecule has 1 N–H and O–H groups in total. The first-order valence-electron chi connectivity index (χ1n) is 6.96. The number of amides is 2. The summed E-state index contributed by atoms with van der Waals surface area (Å²) in [5.74, 6) is -0.399. The summed E-state index contributed by atoms with van der Waals surface area (Å²) in [7, 11) is 1.51. The fourth-order valence-electron chi connectivity index (χ4n) is 2.30. The van der Waals surface area contributed by atoms with Gasteiger partial charge in [-0.05, 0) is 48.5 Å². The molecule has 5 nitrogen and oxygen atoms in total. The smallest absolute Gasteiger partial charge is 0.282 e. The van der Waals surface area contributed by atoms with E-state index in [1.54, 1.807) is 42.5 Å². The molecule has 1 aliphatic rings. The molecule has 1 fully saturated rings. The number of halogens is 2. The molecular weight excluding hydrogens is 396 g/mol. The molecule has 7 heteroatoms. The largest absolute Gasteiger partial charge is 0.496 e. The zero-order valence-corrected chi connectivity index (χ0v) is 14.9. The van der Waals surface area contributed by atoms with Gasteiger partial charge in [-0.15, -0.1) is 0 Å². The van der Waals surface area contributed by atoms with E-state index in [-0.39, 0.29) is 5.57 Å².